The summed E-state index contributed by atoms with van der Waals surface area (Å²) in [5.41, 5.74) is 1.81. The number of carbonyl (C=O) groups is 1. The van der Waals surface area contributed by atoms with Gasteiger partial charge in [0.25, 0.3) is 0 Å². The molecule has 0 saturated carbocycles. The quantitative estimate of drug-likeness (QED) is 0.742. The van der Waals surface area contributed by atoms with E-state index in [0.29, 0.717) is 19.0 Å². The number of hydrogen-bond acceptors (Lipinski definition) is 5. The van der Waals surface area contributed by atoms with Gasteiger partial charge in [-0.1, -0.05) is 18.2 Å². The van der Waals surface area contributed by atoms with E-state index >= 15 is 0 Å². The summed E-state index contributed by atoms with van der Waals surface area (Å²) in [6.07, 6.45) is 4.70. The zero-order valence-electron chi connectivity index (χ0n) is 16.6. The van der Waals surface area contributed by atoms with Gasteiger partial charge in [-0.15, -0.1) is 0 Å². The number of benzene rings is 1. The molecule has 0 unspecified atom stereocenters. The van der Waals surface area contributed by atoms with Crippen molar-refractivity contribution >= 4 is 11.7 Å². The first-order chi connectivity index (χ1) is 14.3. The highest BCUT2D eigenvalue weighted by Crippen LogP contribution is 2.22. The Bertz CT molecular complexity index is 770. The second-order valence-electron chi connectivity index (χ2n) is 7.54. The summed E-state index contributed by atoms with van der Waals surface area (Å²) in [6.45, 7) is 6.07. The van der Waals surface area contributed by atoms with Crippen LogP contribution in [0.3, 0.4) is 0 Å². The van der Waals surface area contributed by atoms with Crippen LogP contribution in [0.1, 0.15) is 12.0 Å². The summed E-state index contributed by atoms with van der Waals surface area (Å²) in [7, 11) is 0. The lowest BCUT2D eigenvalue weighted by atomic mass is 9.97. The number of para-hydroxylation sites is 1. The maximum Gasteiger partial charge on any atom is 0.319 e. The highest BCUT2D eigenvalue weighted by Gasteiger charge is 2.31. The Morgan fingerprint density at radius 1 is 1.17 bits per heavy atom. The van der Waals surface area contributed by atoms with Gasteiger partial charge in [-0.05, 0) is 24.1 Å². The van der Waals surface area contributed by atoms with Crippen molar-refractivity contribution in [2.45, 2.75) is 19.0 Å². The van der Waals surface area contributed by atoms with Crippen LogP contribution in [-0.2, 0) is 16.0 Å². The van der Waals surface area contributed by atoms with E-state index in [9.17, 15) is 4.79 Å². The van der Waals surface area contributed by atoms with Crippen LogP contribution in [0.25, 0.3) is 0 Å². The molecule has 0 bridgehead atoms. The fraction of sp³-hybridized carbons (Fsp3) is 0.524. The van der Waals surface area contributed by atoms with Gasteiger partial charge in [0.2, 0.25) is 0 Å². The summed E-state index contributed by atoms with van der Waals surface area (Å²) in [5, 5.41) is 10.3. The number of carbonyl (C=O) groups excluding carboxylic acids is 1. The van der Waals surface area contributed by atoms with Crippen molar-refractivity contribution in [1.29, 1.82) is 0 Å². The maximum absolute atomic E-state index is 12.7. The lowest BCUT2D eigenvalue weighted by Gasteiger charge is -2.37. The first kappa shape index (κ1) is 19.9. The number of urea groups is 1. The lowest BCUT2D eigenvalue weighted by Crippen LogP contribution is -2.52. The molecule has 156 valence electrons. The molecule has 8 heteroatoms. The van der Waals surface area contributed by atoms with Crippen molar-refractivity contribution in [2.24, 2.45) is 5.92 Å². The topological polar surface area (TPSA) is 80.6 Å². The smallest absolute Gasteiger partial charge is 0.319 e. The van der Waals surface area contributed by atoms with Gasteiger partial charge in [0.1, 0.15) is 0 Å². The summed E-state index contributed by atoms with van der Waals surface area (Å²) in [5.74, 6) is 0.445. The summed E-state index contributed by atoms with van der Waals surface area (Å²) in [6, 6.07) is 9.79. The van der Waals surface area contributed by atoms with Gasteiger partial charge in [0, 0.05) is 56.3 Å². The molecule has 0 aliphatic carbocycles. The van der Waals surface area contributed by atoms with Gasteiger partial charge < -0.3 is 20.1 Å². The molecule has 8 nitrogen and oxygen atoms in total. The van der Waals surface area contributed by atoms with Crippen LogP contribution in [-0.4, -0.2) is 72.8 Å². The SMILES string of the molecule is O=C(NC[C@H]([C@@H]1CCOC1)N1CCOCC1)Nc1ccccc1Cn1cccn1. The molecule has 2 saturated heterocycles. The number of nitrogens with zero attached hydrogens (tertiary/aromatic N) is 3. The summed E-state index contributed by atoms with van der Waals surface area (Å²) in [4.78, 5) is 15.1. The third kappa shape index (κ3) is 5.35. The molecule has 3 heterocycles. The fourth-order valence-corrected chi connectivity index (χ4v) is 4.07. The molecule has 1 aromatic heterocycles. The predicted molar refractivity (Wildman–Crippen MR) is 110 cm³/mol. The molecule has 1 aromatic carbocycles. The Labute approximate surface area is 171 Å². The predicted octanol–water partition coefficient (Wildman–Crippen LogP) is 1.79. The van der Waals surface area contributed by atoms with E-state index in [1.165, 1.54) is 0 Å². The second kappa shape index (κ2) is 9.87. The molecule has 4 rings (SSSR count). The molecule has 2 aliphatic heterocycles. The number of ether oxygens (including phenoxy) is 2. The summed E-state index contributed by atoms with van der Waals surface area (Å²) < 4.78 is 12.9. The van der Waals surface area contributed by atoms with Crippen LogP contribution >= 0.6 is 0 Å². The van der Waals surface area contributed by atoms with Crippen molar-refractivity contribution in [1.82, 2.24) is 20.0 Å². The molecule has 2 aliphatic rings. The minimum Gasteiger partial charge on any atom is -0.381 e. The number of aromatic nitrogens is 2. The molecule has 2 atom stereocenters. The highest BCUT2D eigenvalue weighted by molar-refractivity contribution is 5.90. The molecular formula is C21H29N5O3. The van der Waals surface area contributed by atoms with Crippen LogP contribution in [0.4, 0.5) is 10.5 Å². The third-order valence-corrected chi connectivity index (χ3v) is 5.65. The molecule has 29 heavy (non-hydrogen) atoms. The van der Waals surface area contributed by atoms with Gasteiger partial charge in [-0.2, -0.15) is 5.10 Å². The van der Waals surface area contributed by atoms with Gasteiger partial charge in [0.15, 0.2) is 0 Å². The molecule has 2 fully saturated rings. The highest BCUT2D eigenvalue weighted by atomic mass is 16.5. The van der Waals surface area contributed by atoms with E-state index in [1.807, 2.05) is 41.2 Å². The van der Waals surface area contributed by atoms with E-state index in [4.69, 9.17) is 9.47 Å². The van der Waals surface area contributed by atoms with Crippen molar-refractivity contribution in [3.63, 3.8) is 0 Å². The van der Waals surface area contributed by atoms with Crippen molar-refractivity contribution < 1.29 is 14.3 Å². The number of nitrogens with one attached hydrogen (secondary N) is 2. The van der Waals surface area contributed by atoms with E-state index < -0.39 is 0 Å². The Morgan fingerprint density at radius 2 is 2.03 bits per heavy atom. The van der Waals surface area contributed by atoms with Crippen molar-refractivity contribution in [3.05, 3.63) is 48.3 Å². The average molecular weight is 399 g/mol. The number of anilines is 1. The Kier molecular flexibility index (Phi) is 6.76. The molecule has 0 spiro atoms. The number of morpholine rings is 1. The first-order valence-electron chi connectivity index (χ1n) is 10.3. The zero-order chi connectivity index (χ0) is 19.9. The van der Waals surface area contributed by atoms with Crippen molar-refractivity contribution in [2.75, 3.05) is 51.4 Å². The largest absolute Gasteiger partial charge is 0.381 e. The molecular weight excluding hydrogens is 370 g/mol. The van der Waals surface area contributed by atoms with E-state index in [-0.39, 0.29) is 12.1 Å². The lowest BCUT2D eigenvalue weighted by molar-refractivity contribution is 0.00222. The number of rotatable bonds is 7. The molecule has 2 N–H and O–H groups in total. The Balaban J connectivity index is 1.36. The van der Waals surface area contributed by atoms with E-state index in [0.717, 1.165) is 57.2 Å². The second-order valence-corrected chi connectivity index (χ2v) is 7.54. The summed E-state index contributed by atoms with van der Waals surface area (Å²) >= 11 is 0. The van der Waals surface area contributed by atoms with Crippen LogP contribution in [0.15, 0.2) is 42.7 Å². The van der Waals surface area contributed by atoms with E-state index in [1.54, 1.807) is 6.20 Å². The standard InChI is InChI=1S/C21H29N5O3/c27-21(24-19-5-2-1-4-17(19)15-26-8-3-7-23-26)22-14-20(18-6-11-29-16-18)25-9-12-28-13-10-25/h1-5,7-8,18,20H,6,9-16H2,(H2,22,24,27)/t18-,20-/m1/s1. The minimum atomic E-state index is -0.185. The van der Waals surface area contributed by atoms with Crippen LogP contribution < -0.4 is 10.6 Å². The van der Waals surface area contributed by atoms with E-state index in [2.05, 4.69) is 20.6 Å². The fourth-order valence-electron chi connectivity index (χ4n) is 4.07. The van der Waals surface area contributed by atoms with Gasteiger partial charge in [-0.25, -0.2) is 4.79 Å². The van der Waals surface area contributed by atoms with Gasteiger partial charge >= 0.3 is 6.03 Å². The van der Waals surface area contributed by atoms with Crippen LogP contribution in [0.5, 0.6) is 0 Å². The normalized spacial score (nSPS) is 21.0. The molecule has 0 radical (unpaired) electrons. The van der Waals surface area contributed by atoms with Crippen molar-refractivity contribution in [3.8, 4) is 0 Å². The maximum atomic E-state index is 12.7. The molecule has 2 amide bonds. The minimum absolute atomic E-state index is 0.185. The first-order valence-corrected chi connectivity index (χ1v) is 10.3. The van der Waals surface area contributed by atoms with Gasteiger partial charge in [-0.3, -0.25) is 9.58 Å². The Morgan fingerprint density at radius 3 is 2.79 bits per heavy atom. The molecule has 2 aromatic rings. The van der Waals surface area contributed by atoms with Gasteiger partial charge in [0.05, 0.1) is 26.4 Å². The van der Waals surface area contributed by atoms with Crippen LogP contribution in [0.2, 0.25) is 0 Å². The number of amides is 2. The third-order valence-electron chi connectivity index (χ3n) is 5.65. The zero-order valence-corrected chi connectivity index (χ0v) is 16.6. The van der Waals surface area contributed by atoms with Crippen LogP contribution in [0, 0.1) is 5.92 Å². The monoisotopic (exact) mass is 399 g/mol. The average Bonchev–Trinajstić information content (AvgIpc) is 3.45. The number of hydrogen-bond donors (Lipinski definition) is 2. The Hall–Kier alpha value is -2.42.